The average molecular weight is 510 g/mol. The lowest BCUT2D eigenvalue weighted by molar-refractivity contribution is -0.151. The van der Waals surface area contributed by atoms with E-state index < -0.39 is 8.84 Å². The third-order valence-corrected chi connectivity index (χ3v) is 10.9. The van der Waals surface area contributed by atoms with Gasteiger partial charge in [-0.2, -0.15) is 0 Å². The summed E-state index contributed by atoms with van der Waals surface area (Å²) >= 11 is 2.32. The summed E-state index contributed by atoms with van der Waals surface area (Å²) in [7, 11) is 0. The van der Waals surface area contributed by atoms with Gasteiger partial charge in [-0.3, -0.25) is 9.59 Å². The molecular formula is C23H27IO5. The lowest BCUT2D eigenvalue weighted by Gasteiger charge is -2.59. The second-order valence-electron chi connectivity index (χ2n) is 10.4. The van der Waals surface area contributed by atoms with Crippen molar-refractivity contribution in [3.63, 3.8) is 0 Å². The number of hydrogen-bond acceptors (Lipinski definition) is 5. The fourth-order valence-electron chi connectivity index (χ4n) is 7.33. The molecular weight excluding hydrogens is 483 g/mol. The Hall–Kier alpha value is -1.31. The van der Waals surface area contributed by atoms with Crippen LogP contribution in [-0.2, 0) is 15.0 Å². The standard InChI is InChI=1S/C23H27IO5/c1-21(2)12-7-13(21)14(25)6-10(12)18-15(26)8-16(27)19(20(18)29)23-5-4-11(17(28)9-23)22(23,3)24/h8,10-13,26-27,29H,4-7,9H2,1-3H3/t10?,11?,12-,13+,22?,23+/m1/s1. The maximum atomic E-state index is 12.7. The fourth-order valence-corrected chi connectivity index (χ4v) is 8.72. The summed E-state index contributed by atoms with van der Waals surface area (Å²) < 4.78 is -0.408. The minimum atomic E-state index is -0.651. The van der Waals surface area contributed by atoms with Crippen LogP contribution in [0.4, 0.5) is 0 Å². The largest absolute Gasteiger partial charge is 0.507 e. The quantitative estimate of drug-likeness (QED) is 0.407. The predicted molar refractivity (Wildman–Crippen MR) is 116 cm³/mol. The maximum absolute atomic E-state index is 12.7. The zero-order chi connectivity index (χ0) is 21.1. The fraction of sp³-hybridized carbons (Fsp3) is 0.652. The van der Waals surface area contributed by atoms with Crippen molar-refractivity contribution in [2.24, 2.45) is 23.2 Å². The number of fused-ring (bicyclic) bond motifs is 4. The number of carbonyl (C=O) groups is 2. The van der Waals surface area contributed by atoms with E-state index in [4.69, 9.17) is 0 Å². The first kappa shape index (κ1) is 19.6. The van der Waals surface area contributed by atoms with Crippen LogP contribution in [0.3, 0.4) is 0 Å². The molecule has 0 saturated heterocycles. The van der Waals surface area contributed by atoms with Crippen LogP contribution in [0.5, 0.6) is 17.2 Å². The molecule has 0 heterocycles. The van der Waals surface area contributed by atoms with Crippen LogP contribution in [0.2, 0.25) is 0 Å². The van der Waals surface area contributed by atoms with E-state index in [1.54, 1.807) is 0 Å². The first-order valence-electron chi connectivity index (χ1n) is 10.5. The molecule has 5 nitrogen and oxygen atoms in total. The molecule has 1 aromatic rings. The van der Waals surface area contributed by atoms with Crippen molar-refractivity contribution in [1.29, 1.82) is 0 Å². The molecule has 0 aromatic heterocycles. The van der Waals surface area contributed by atoms with Gasteiger partial charge in [-0.1, -0.05) is 36.4 Å². The van der Waals surface area contributed by atoms with Crippen molar-refractivity contribution in [2.75, 3.05) is 0 Å². The number of carbonyl (C=O) groups excluding carboxylic acids is 2. The minimum absolute atomic E-state index is 0.0592. The average Bonchev–Trinajstić information content (AvgIpc) is 2.95. The van der Waals surface area contributed by atoms with Gasteiger partial charge in [0, 0.05) is 56.6 Å². The molecule has 156 valence electrons. The van der Waals surface area contributed by atoms with Crippen LogP contribution in [-0.4, -0.2) is 30.3 Å². The van der Waals surface area contributed by atoms with E-state index in [0.29, 0.717) is 24.0 Å². The Morgan fingerprint density at radius 2 is 1.72 bits per heavy atom. The van der Waals surface area contributed by atoms with Gasteiger partial charge in [0.05, 0.1) is 0 Å². The summed E-state index contributed by atoms with van der Waals surface area (Å²) in [6, 6.07) is 1.31. The van der Waals surface area contributed by atoms with E-state index in [-0.39, 0.29) is 57.9 Å². The van der Waals surface area contributed by atoms with Crippen molar-refractivity contribution in [3.8, 4) is 17.2 Å². The Kier molecular flexibility index (Phi) is 3.85. The van der Waals surface area contributed by atoms with E-state index in [1.165, 1.54) is 6.07 Å². The normalized spacial score (nSPS) is 42.2. The summed E-state index contributed by atoms with van der Waals surface area (Å²) in [5.41, 5.74) is -0.0363. The predicted octanol–water partition coefficient (Wildman–Crippen LogP) is 4.34. The molecule has 5 aliphatic carbocycles. The summed E-state index contributed by atoms with van der Waals surface area (Å²) in [6.07, 6.45) is 2.84. The van der Waals surface area contributed by atoms with Crippen molar-refractivity contribution < 1.29 is 24.9 Å². The number of benzene rings is 1. The molecule has 0 aliphatic heterocycles. The van der Waals surface area contributed by atoms with Gasteiger partial charge in [-0.25, -0.2) is 0 Å². The van der Waals surface area contributed by atoms with Crippen molar-refractivity contribution >= 4 is 34.2 Å². The van der Waals surface area contributed by atoms with Gasteiger partial charge in [0.2, 0.25) is 0 Å². The Morgan fingerprint density at radius 1 is 1.03 bits per heavy atom. The van der Waals surface area contributed by atoms with E-state index in [9.17, 15) is 24.9 Å². The van der Waals surface area contributed by atoms with Gasteiger partial charge in [-0.15, -0.1) is 0 Å². The lowest BCUT2D eigenvalue weighted by atomic mass is 9.44. The molecule has 29 heavy (non-hydrogen) atoms. The van der Waals surface area contributed by atoms with Gasteiger partial charge in [0.25, 0.3) is 0 Å². The third kappa shape index (κ3) is 2.16. The number of phenols is 3. The topological polar surface area (TPSA) is 94.8 Å². The second kappa shape index (κ2) is 5.68. The number of Topliss-reactive ketones (excluding diaryl/α,β-unsaturated/α-hetero) is 2. The summed E-state index contributed by atoms with van der Waals surface area (Å²) in [5.74, 6) is -0.159. The molecule has 4 bridgehead atoms. The zero-order valence-corrected chi connectivity index (χ0v) is 19.1. The molecule has 6 heteroatoms. The van der Waals surface area contributed by atoms with Crippen LogP contribution >= 0.6 is 22.6 Å². The number of halogens is 1. The molecule has 0 radical (unpaired) electrons. The van der Waals surface area contributed by atoms with E-state index in [2.05, 4.69) is 36.4 Å². The van der Waals surface area contributed by atoms with Crippen LogP contribution < -0.4 is 0 Å². The number of ketones is 2. The van der Waals surface area contributed by atoms with Crippen LogP contribution in [0.1, 0.15) is 69.9 Å². The molecule has 3 unspecified atom stereocenters. The highest BCUT2D eigenvalue weighted by Crippen LogP contribution is 2.69. The lowest BCUT2D eigenvalue weighted by Crippen LogP contribution is -2.56. The zero-order valence-electron chi connectivity index (χ0n) is 17.0. The molecule has 6 atom stereocenters. The van der Waals surface area contributed by atoms with Crippen LogP contribution in [0.25, 0.3) is 0 Å². The van der Waals surface area contributed by atoms with E-state index in [0.717, 1.165) is 19.3 Å². The van der Waals surface area contributed by atoms with E-state index in [1.807, 2.05) is 6.92 Å². The minimum Gasteiger partial charge on any atom is -0.507 e. The molecule has 1 aromatic carbocycles. The Morgan fingerprint density at radius 3 is 2.24 bits per heavy atom. The maximum Gasteiger partial charge on any atom is 0.138 e. The van der Waals surface area contributed by atoms with Gasteiger partial charge in [0.15, 0.2) is 0 Å². The van der Waals surface area contributed by atoms with Crippen molar-refractivity contribution in [2.45, 2.75) is 67.6 Å². The summed E-state index contributed by atoms with van der Waals surface area (Å²) in [6.45, 7) is 6.21. The van der Waals surface area contributed by atoms with Gasteiger partial charge >= 0.3 is 0 Å². The second-order valence-corrected chi connectivity index (χ2v) is 12.7. The molecule has 0 spiro atoms. The molecule has 6 rings (SSSR count). The molecule has 5 saturated carbocycles. The smallest absolute Gasteiger partial charge is 0.138 e. The first-order chi connectivity index (χ1) is 13.4. The number of alkyl halides is 1. The SMILES string of the molecule is CC1(C)[C@@H]2C[C@H]1C(=O)CC2c1c(O)cc(O)c([C@]23CCC(C(=O)C2)C3(C)I)c1O. The molecule has 0 amide bonds. The molecule has 5 aliphatic rings. The molecule has 3 N–H and O–H groups in total. The Balaban J connectivity index is 1.69. The number of rotatable bonds is 2. The first-order valence-corrected chi connectivity index (χ1v) is 11.5. The Bertz CT molecular complexity index is 965. The van der Waals surface area contributed by atoms with Crippen LogP contribution in [0.15, 0.2) is 6.07 Å². The highest BCUT2D eigenvalue weighted by Gasteiger charge is 2.67. The van der Waals surface area contributed by atoms with Crippen molar-refractivity contribution in [1.82, 2.24) is 0 Å². The highest BCUT2D eigenvalue weighted by molar-refractivity contribution is 14.1. The number of hydrogen-bond donors (Lipinski definition) is 3. The summed E-state index contributed by atoms with van der Waals surface area (Å²) in [4.78, 5) is 25.3. The van der Waals surface area contributed by atoms with Gasteiger partial charge < -0.3 is 15.3 Å². The number of aromatic hydroxyl groups is 3. The van der Waals surface area contributed by atoms with Crippen molar-refractivity contribution in [3.05, 3.63) is 17.2 Å². The van der Waals surface area contributed by atoms with Gasteiger partial charge in [-0.05, 0) is 37.5 Å². The number of phenolic OH excluding ortho intramolecular Hbond substituents is 3. The van der Waals surface area contributed by atoms with Crippen LogP contribution in [0, 0.1) is 23.2 Å². The van der Waals surface area contributed by atoms with Gasteiger partial charge in [0.1, 0.15) is 28.8 Å². The van der Waals surface area contributed by atoms with E-state index >= 15 is 0 Å². The summed E-state index contributed by atoms with van der Waals surface area (Å²) in [5, 5.41) is 33.0. The Labute approximate surface area is 184 Å². The molecule has 5 fully saturated rings. The third-order valence-electron chi connectivity index (χ3n) is 9.10. The monoisotopic (exact) mass is 510 g/mol. The highest BCUT2D eigenvalue weighted by atomic mass is 127.